The molecule has 0 aliphatic heterocycles. The van der Waals surface area contributed by atoms with Gasteiger partial charge in [-0.15, -0.1) is 0 Å². The van der Waals surface area contributed by atoms with Gasteiger partial charge in [-0.2, -0.15) is 0 Å². The molecule has 0 bridgehead atoms. The molecule has 2 rings (SSSR count). The molecule has 0 aliphatic carbocycles. The number of benzene rings is 1. The molecule has 0 fully saturated rings. The van der Waals surface area contributed by atoms with Crippen LogP contribution in [0.25, 0.3) is 0 Å². The second kappa shape index (κ2) is 6.78. The van der Waals surface area contributed by atoms with E-state index in [-0.39, 0.29) is 22.8 Å². The van der Waals surface area contributed by atoms with Gasteiger partial charge in [0.1, 0.15) is 17.1 Å². The Labute approximate surface area is 141 Å². The summed E-state index contributed by atoms with van der Waals surface area (Å²) in [6.45, 7) is 4.68. The lowest BCUT2D eigenvalue weighted by atomic mass is 10.0. The molecule has 7 heteroatoms. The number of rotatable bonds is 6. The Kier molecular flexibility index (Phi) is 5.15. The van der Waals surface area contributed by atoms with Crippen LogP contribution in [-0.2, 0) is 15.4 Å². The normalized spacial score (nSPS) is 14.2. The Hall–Kier alpha value is -2.12. The summed E-state index contributed by atoms with van der Waals surface area (Å²) in [5, 5.41) is 13.0. The van der Waals surface area contributed by atoms with Crippen molar-refractivity contribution in [2.24, 2.45) is 0 Å². The molecule has 2 N–H and O–H groups in total. The van der Waals surface area contributed by atoms with Gasteiger partial charge in [-0.05, 0) is 38.1 Å². The standard InChI is InChI=1S/C17H21NO5S/c1-4-24(21,22)14-8-6-5-7-13(14)16(19)18-11-17(3,20)15-10-9-12(2)23-15/h5-10,20H,4,11H2,1-3H3,(H,18,19). The molecule has 1 amide bonds. The highest BCUT2D eigenvalue weighted by atomic mass is 32.2. The fourth-order valence-electron chi connectivity index (χ4n) is 2.24. The summed E-state index contributed by atoms with van der Waals surface area (Å²) in [7, 11) is -3.52. The van der Waals surface area contributed by atoms with Gasteiger partial charge in [-0.3, -0.25) is 4.79 Å². The maximum Gasteiger partial charge on any atom is 0.252 e. The maximum atomic E-state index is 12.4. The molecule has 1 unspecified atom stereocenters. The van der Waals surface area contributed by atoms with E-state index in [2.05, 4.69) is 5.32 Å². The van der Waals surface area contributed by atoms with E-state index in [0.29, 0.717) is 11.5 Å². The first-order valence-corrected chi connectivity index (χ1v) is 9.22. The van der Waals surface area contributed by atoms with Gasteiger partial charge in [0.2, 0.25) is 0 Å². The number of hydrogen-bond acceptors (Lipinski definition) is 5. The third-order valence-corrected chi connectivity index (χ3v) is 5.50. The van der Waals surface area contributed by atoms with E-state index in [1.54, 1.807) is 31.2 Å². The zero-order chi connectivity index (χ0) is 18.0. The van der Waals surface area contributed by atoms with Crippen molar-refractivity contribution in [2.75, 3.05) is 12.3 Å². The molecular weight excluding hydrogens is 330 g/mol. The van der Waals surface area contributed by atoms with E-state index in [4.69, 9.17) is 4.42 Å². The minimum absolute atomic E-state index is 0.0153. The molecule has 0 spiro atoms. The fourth-order valence-corrected chi connectivity index (χ4v) is 3.33. The minimum atomic E-state index is -3.52. The molecule has 0 aliphatic rings. The lowest BCUT2D eigenvalue weighted by molar-refractivity contribution is 0.0323. The van der Waals surface area contributed by atoms with Gasteiger partial charge < -0.3 is 14.8 Å². The van der Waals surface area contributed by atoms with E-state index >= 15 is 0 Å². The average Bonchev–Trinajstić information content (AvgIpc) is 3.00. The molecule has 1 aromatic carbocycles. The quantitative estimate of drug-likeness (QED) is 0.830. The van der Waals surface area contributed by atoms with Crippen LogP contribution in [0.5, 0.6) is 0 Å². The highest BCUT2D eigenvalue weighted by Gasteiger charge is 2.28. The monoisotopic (exact) mass is 351 g/mol. The average molecular weight is 351 g/mol. The fraction of sp³-hybridized carbons (Fsp3) is 0.353. The Morgan fingerprint density at radius 2 is 1.92 bits per heavy atom. The summed E-state index contributed by atoms with van der Waals surface area (Å²) in [5.41, 5.74) is -1.34. The van der Waals surface area contributed by atoms with Crippen LogP contribution < -0.4 is 5.32 Å². The van der Waals surface area contributed by atoms with E-state index in [1.165, 1.54) is 26.0 Å². The van der Waals surface area contributed by atoms with E-state index < -0.39 is 21.3 Å². The largest absolute Gasteiger partial charge is 0.463 e. The molecule has 0 saturated heterocycles. The predicted molar refractivity (Wildman–Crippen MR) is 89.5 cm³/mol. The van der Waals surface area contributed by atoms with Gasteiger partial charge in [-0.1, -0.05) is 19.1 Å². The zero-order valence-corrected chi connectivity index (χ0v) is 14.7. The third-order valence-electron chi connectivity index (χ3n) is 3.71. The number of amides is 1. The van der Waals surface area contributed by atoms with Gasteiger partial charge in [0.05, 0.1) is 22.8 Å². The maximum absolute atomic E-state index is 12.4. The van der Waals surface area contributed by atoms with Gasteiger partial charge in [0, 0.05) is 0 Å². The van der Waals surface area contributed by atoms with Crippen LogP contribution in [-0.4, -0.2) is 31.7 Å². The first-order valence-electron chi connectivity index (χ1n) is 7.56. The second-order valence-corrected chi connectivity index (χ2v) is 8.01. The molecular formula is C17H21NO5S. The zero-order valence-electron chi connectivity index (χ0n) is 13.9. The molecule has 24 heavy (non-hydrogen) atoms. The molecule has 2 aromatic rings. The Bertz CT molecular complexity index is 836. The molecule has 6 nitrogen and oxygen atoms in total. The summed E-state index contributed by atoms with van der Waals surface area (Å²) in [4.78, 5) is 12.4. The lowest BCUT2D eigenvalue weighted by Gasteiger charge is -2.21. The van der Waals surface area contributed by atoms with Crippen molar-refractivity contribution in [3.63, 3.8) is 0 Å². The topological polar surface area (TPSA) is 96.6 Å². The predicted octanol–water partition coefficient (Wildman–Crippen LogP) is 2.02. The molecule has 0 radical (unpaired) electrons. The number of nitrogens with one attached hydrogen (secondary N) is 1. The summed E-state index contributed by atoms with van der Waals surface area (Å²) in [5.74, 6) is 0.317. The van der Waals surface area contributed by atoms with Crippen LogP contribution in [0, 0.1) is 6.92 Å². The van der Waals surface area contributed by atoms with Gasteiger partial charge >= 0.3 is 0 Å². The second-order valence-electron chi connectivity index (χ2n) is 5.77. The van der Waals surface area contributed by atoms with Crippen molar-refractivity contribution in [1.82, 2.24) is 5.32 Å². The van der Waals surface area contributed by atoms with Crippen LogP contribution in [0.3, 0.4) is 0 Å². The number of aliphatic hydroxyl groups is 1. The van der Waals surface area contributed by atoms with Gasteiger partial charge in [-0.25, -0.2) is 8.42 Å². The smallest absolute Gasteiger partial charge is 0.252 e. The van der Waals surface area contributed by atoms with Crippen molar-refractivity contribution in [3.8, 4) is 0 Å². The number of carbonyl (C=O) groups is 1. The van der Waals surface area contributed by atoms with Crippen LogP contribution in [0.4, 0.5) is 0 Å². The number of aryl methyl sites for hydroxylation is 1. The molecule has 1 atom stereocenters. The Morgan fingerprint density at radius 1 is 1.25 bits per heavy atom. The highest BCUT2D eigenvalue weighted by molar-refractivity contribution is 7.91. The van der Waals surface area contributed by atoms with E-state index in [0.717, 1.165) is 0 Å². The molecule has 0 saturated carbocycles. The number of furan rings is 1. The number of sulfone groups is 1. The highest BCUT2D eigenvalue weighted by Crippen LogP contribution is 2.22. The minimum Gasteiger partial charge on any atom is -0.463 e. The van der Waals surface area contributed by atoms with Crippen LogP contribution in [0.1, 0.15) is 35.7 Å². The van der Waals surface area contributed by atoms with Gasteiger partial charge in [0.15, 0.2) is 9.84 Å². The summed E-state index contributed by atoms with van der Waals surface area (Å²) < 4.78 is 29.6. The number of hydrogen-bond donors (Lipinski definition) is 2. The molecule has 130 valence electrons. The Balaban J connectivity index is 2.20. The summed E-state index contributed by atoms with van der Waals surface area (Å²) >= 11 is 0. The third kappa shape index (κ3) is 3.85. The van der Waals surface area contributed by atoms with Crippen molar-refractivity contribution in [3.05, 3.63) is 53.5 Å². The lowest BCUT2D eigenvalue weighted by Crippen LogP contribution is -2.38. The van der Waals surface area contributed by atoms with Gasteiger partial charge in [0.25, 0.3) is 5.91 Å². The van der Waals surface area contributed by atoms with Crippen LogP contribution in [0.15, 0.2) is 45.7 Å². The van der Waals surface area contributed by atoms with Crippen molar-refractivity contribution in [1.29, 1.82) is 0 Å². The van der Waals surface area contributed by atoms with Crippen molar-refractivity contribution < 1.29 is 22.7 Å². The van der Waals surface area contributed by atoms with Crippen LogP contribution in [0.2, 0.25) is 0 Å². The Morgan fingerprint density at radius 3 is 2.50 bits per heavy atom. The van der Waals surface area contributed by atoms with E-state index in [1.807, 2.05) is 0 Å². The van der Waals surface area contributed by atoms with E-state index in [9.17, 15) is 18.3 Å². The van der Waals surface area contributed by atoms with Crippen molar-refractivity contribution in [2.45, 2.75) is 31.3 Å². The summed E-state index contributed by atoms with van der Waals surface area (Å²) in [6, 6.07) is 9.37. The first kappa shape index (κ1) is 18.2. The summed E-state index contributed by atoms with van der Waals surface area (Å²) in [6.07, 6.45) is 0. The SMILES string of the molecule is CCS(=O)(=O)c1ccccc1C(=O)NCC(C)(O)c1ccc(C)o1. The molecule has 1 aromatic heterocycles. The number of carbonyl (C=O) groups excluding carboxylic acids is 1. The molecule has 1 heterocycles. The van der Waals surface area contributed by atoms with Crippen LogP contribution >= 0.6 is 0 Å². The van der Waals surface area contributed by atoms with Crippen molar-refractivity contribution >= 4 is 15.7 Å². The first-order chi connectivity index (χ1) is 11.2.